The van der Waals surface area contributed by atoms with Gasteiger partial charge in [0.25, 0.3) is 0 Å². The van der Waals surface area contributed by atoms with Gasteiger partial charge in [-0.3, -0.25) is 19.3 Å². The van der Waals surface area contributed by atoms with Crippen molar-refractivity contribution < 1.29 is 19.2 Å². The number of nitrogen functional groups attached to an aromatic ring is 1. The molecule has 1 aromatic carbocycles. The van der Waals surface area contributed by atoms with Crippen molar-refractivity contribution in [3.8, 4) is 0 Å². The summed E-state index contributed by atoms with van der Waals surface area (Å²) in [6, 6.07) is 4.55. The highest BCUT2D eigenvalue weighted by molar-refractivity contribution is 6.45. The van der Waals surface area contributed by atoms with E-state index in [0.29, 0.717) is 10.6 Å². The second kappa shape index (κ2) is 6.99. The number of amides is 5. The third-order valence-corrected chi connectivity index (χ3v) is 4.57. The van der Waals surface area contributed by atoms with Gasteiger partial charge < -0.3 is 11.1 Å². The molecule has 2 aliphatic rings. The molecule has 1 fully saturated rings. The first-order valence-corrected chi connectivity index (χ1v) is 8.38. The lowest BCUT2D eigenvalue weighted by Crippen LogP contribution is -2.43. The summed E-state index contributed by atoms with van der Waals surface area (Å²) in [4.78, 5) is 49.7. The average molecular weight is 356 g/mol. The lowest BCUT2D eigenvalue weighted by molar-refractivity contribution is -0.143. The van der Waals surface area contributed by atoms with Crippen molar-refractivity contribution in [2.75, 3.05) is 18.8 Å². The van der Waals surface area contributed by atoms with E-state index in [1.165, 1.54) is 6.08 Å². The Morgan fingerprint density at radius 1 is 1.27 bits per heavy atom. The molecule has 8 nitrogen and oxygen atoms in total. The molecule has 3 rings (SSSR count). The van der Waals surface area contributed by atoms with Crippen LogP contribution in [0.1, 0.15) is 30.0 Å². The number of nitrogens with zero attached hydrogens (tertiary/aromatic N) is 2. The summed E-state index contributed by atoms with van der Waals surface area (Å²) in [5.41, 5.74) is 8.55. The van der Waals surface area contributed by atoms with Crippen LogP contribution in [0, 0.1) is 0 Å². The summed E-state index contributed by atoms with van der Waals surface area (Å²) in [6.45, 7) is 2.89. The zero-order chi connectivity index (χ0) is 18.8. The molecule has 1 saturated heterocycles. The fourth-order valence-corrected chi connectivity index (χ4v) is 3.35. The van der Waals surface area contributed by atoms with Crippen molar-refractivity contribution >= 4 is 29.4 Å². The monoisotopic (exact) mass is 356 g/mol. The van der Waals surface area contributed by atoms with Crippen molar-refractivity contribution in [2.24, 2.45) is 0 Å². The van der Waals surface area contributed by atoms with Crippen LogP contribution < -0.4 is 11.1 Å². The fraction of sp³-hybridized carbons (Fsp3) is 0.333. The van der Waals surface area contributed by atoms with E-state index in [2.05, 4.69) is 11.9 Å². The Balaban J connectivity index is 1.69. The van der Waals surface area contributed by atoms with Crippen molar-refractivity contribution in [3.05, 3.63) is 42.0 Å². The maximum absolute atomic E-state index is 12.4. The van der Waals surface area contributed by atoms with Crippen LogP contribution in [-0.4, -0.2) is 46.6 Å². The van der Waals surface area contributed by atoms with Crippen LogP contribution in [0.4, 0.5) is 10.5 Å². The van der Waals surface area contributed by atoms with Gasteiger partial charge in [0.2, 0.25) is 5.91 Å². The van der Waals surface area contributed by atoms with Crippen LogP contribution in [0.3, 0.4) is 0 Å². The normalized spacial score (nSPS) is 19.5. The van der Waals surface area contributed by atoms with Crippen molar-refractivity contribution in [2.45, 2.75) is 25.3 Å². The third-order valence-electron chi connectivity index (χ3n) is 4.57. The topological polar surface area (TPSA) is 113 Å². The predicted octanol–water partition coefficient (Wildman–Crippen LogP) is 0.739. The summed E-state index contributed by atoms with van der Waals surface area (Å²) in [7, 11) is 0. The molecule has 1 aromatic rings. The molecule has 0 spiro atoms. The molecular weight excluding hydrogens is 336 g/mol. The molecule has 1 aliphatic carbocycles. The first-order valence-electron chi connectivity index (χ1n) is 8.38. The van der Waals surface area contributed by atoms with Crippen LogP contribution >= 0.6 is 0 Å². The van der Waals surface area contributed by atoms with E-state index in [1.807, 2.05) is 12.1 Å². The number of carbonyl (C=O) groups excluding carboxylic acids is 4. The van der Waals surface area contributed by atoms with Gasteiger partial charge in [-0.25, -0.2) is 9.69 Å². The number of nitrogens with one attached hydrogen (secondary N) is 1. The van der Waals surface area contributed by atoms with Gasteiger partial charge in [0.05, 0.1) is 6.04 Å². The van der Waals surface area contributed by atoms with Gasteiger partial charge in [-0.1, -0.05) is 12.1 Å². The van der Waals surface area contributed by atoms with E-state index in [1.54, 1.807) is 6.07 Å². The number of anilines is 1. The molecule has 0 saturated carbocycles. The molecule has 0 radical (unpaired) electrons. The number of urea groups is 1. The SMILES string of the molecule is C=CCN1C(=O)C(=O)N(CC(=O)NC2CCCc3cc(N)ccc32)C1=O. The predicted molar refractivity (Wildman–Crippen MR) is 93.7 cm³/mol. The van der Waals surface area contributed by atoms with Gasteiger partial charge in [0, 0.05) is 12.2 Å². The number of carbonyl (C=O) groups is 4. The number of rotatable bonds is 5. The molecule has 1 heterocycles. The number of hydrogen-bond acceptors (Lipinski definition) is 5. The van der Waals surface area contributed by atoms with Gasteiger partial charge in [-0.05, 0) is 42.5 Å². The zero-order valence-electron chi connectivity index (χ0n) is 14.2. The molecule has 0 bridgehead atoms. The molecule has 26 heavy (non-hydrogen) atoms. The number of benzene rings is 1. The molecule has 3 N–H and O–H groups in total. The highest BCUT2D eigenvalue weighted by Gasteiger charge is 2.44. The zero-order valence-corrected chi connectivity index (χ0v) is 14.2. The van der Waals surface area contributed by atoms with E-state index in [0.717, 1.165) is 35.3 Å². The van der Waals surface area contributed by atoms with Crippen molar-refractivity contribution in [3.63, 3.8) is 0 Å². The van der Waals surface area contributed by atoms with E-state index < -0.39 is 30.3 Å². The number of nitrogens with two attached hydrogens (primary N) is 1. The van der Waals surface area contributed by atoms with Gasteiger partial charge in [-0.2, -0.15) is 0 Å². The van der Waals surface area contributed by atoms with E-state index in [9.17, 15) is 19.2 Å². The van der Waals surface area contributed by atoms with Gasteiger partial charge >= 0.3 is 17.8 Å². The van der Waals surface area contributed by atoms with Crippen LogP contribution in [0.5, 0.6) is 0 Å². The lowest BCUT2D eigenvalue weighted by Gasteiger charge is -2.27. The Morgan fingerprint density at radius 2 is 2.00 bits per heavy atom. The first-order chi connectivity index (χ1) is 12.4. The third kappa shape index (κ3) is 3.17. The van der Waals surface area contributed by atoms with Crippen LogP contribution in [-0.2, 0) is 20.8 Å². The quantitative estimate of drug-likeness (QED) is 0.350. The maximum atomic E-state index is 12.4. The summed E-state index contributed by atoms with van der Waals surface area (Å²) < 4.78 is 0. The molecule has 0 aromatic heterocycles. The Kier molecular flexibility index (Phi) is 4.75. The molecule has 1 unspecified atom stereocenters. The van der Waals surface area contributed by atoms with Crippen LogP contribution in [0.15, 0.2) is 30.9 Å². The fourth-order valence-electron chi connectivity index (χ4n) is 3.35. The summed E-state index contributed by atoms with van der Waals surface area (Å²) >= 11 is 0. The lowest BCUT2D eigenvalue weighted by atomic mass is 9.87. The van der Waals surface area contributed by atoms with Crippen LogP contribution in [0.25, 0.3) is 0 Å². The Hall–Kier alpha value is -3.16. The van der Waals surface area contributed by atoms with Gasteiger partial charge in [0.15, 0.2) is 0 Å². The van der Waals surface area contributed by atoms with Crippen molar-refractivity contribution in [1.82, 2.24) is 15.1 Å². The average Bonchev–Trinajstić information content (AvgIpc) is 2.80. The van der Waals surface area contributed by atoms with Crippen LogP contribution in [0.2, 0.25) is 0 Å². The Bertz CT molecular complexity index is 804. The first kappa shape index (κ1) is 17.7. The smallest absolute Gasteiger partial charge is 0.335 e. The highest BCUT2D eigenvalue weighted by atomic mass is 16.2. The molecule has 8 heteroatoms. The molecule has 5 amide bonds. The second-order valence-corrected chi connectivity index (χ2v) is 6.35. The minimum Gasteiger partial charge on any atom is -0.399 e. The number of fused-ring (bicyclic) bond motifs is 1. The molecule has 1 aliphatic heterocycles. The molecule has 136 valence electrons. The van der Waals surface area contributed by atoms with Crippen molar-refractivity contribution in [1.29, 1.82) is 0 Å². The maximum Gasteiger partial charge on any atom is 0.335 e. The van der Waals surface area contributed by atoms with Gasteiger partial charge in [-0.15, -0.1) is 6.58 Å². The molecular formula is C18H20N4O4. The van der Waals surface area contributed by atoms with E-state index in [4.69, 9.17) is 5.73 Å². The van der Waals surface area contributed by atoms with E-state index >= 15 is 0 Å². The van der Waals surface area contributed by atoms with Gasteiger partial charge in [0.1, 0.15) is 6.54 Å². The summed E-state index contributed by atoms with van der Waals surface area (Å²) in [6.07, 6.45) is 3.89. The Labute approximate surface area is 150 Å². The summed E-state index contributed by atoms with van der Waals surface area (Å²) in [5, 5.41) is 2.85. The Morgan fingerprint density at radius 3 is 2.73 bits per heavy atom. The highest BCUT2D eigenvalue weighted by Crippen LogP contribution is 2.31. The number of imide groups is 2. The molecule has 1 atom stereocenters. The van der Waals surface area contributed by atoms with E-state index in [-0.39, 0.29) is 12.6 Å². The number of aryl methyl sites for hydroxylation is 1. The minimum atomic E-state index is -0.996. The summed E-state index contributed by atoms with van der Waals surface area (Å²) in [5.74, 6) is -2.43. The minimum absolute atomic E-state index is 0.0705. The number of hydrogen-bond donors (Lipinski definition) is 2. The standard InChI is InChI=1S/C18H20N4O4/c1-2-8-21-16(24)17(25)22(18(21)26)10-15(23)20-14-5-3-4-11-9-12(19)6-7-13(11)14/h2,6-7,9,14H,1,3-5,8,10,19H2,(H,20,23). The second-order valence-electron chi connectivity index (χ2n) is 6.35. The largest absolute Gasteiger partial charge is 0.399 e.